The summed E-state index contributed by atoms with van der Waals surface area (Å²) < 4.78 is 85.3. The number of aryl methyl sites for hydroxylation is 1. The van der Waals surface area contributed by atoms with Gasteiger partial charge >= 0.3 is 6.18 Å². The zero-order valence-corrected chi connectivity index (χ0v) is 17.4. The number of phenolic OH excluding ortho intramolecular Hbond substituents is 1. The van der Waals surface area contributed by atoms with Crippen LogP contribution >= 0.6 is 0 Å². The predicted octanol–water partition coefficient (Wildman–Crippen LogP) is 5.41. The molecule has 33 heavy (non-hydrogen) atoms. The van der Waals surface area contributed by atoms with Gasteiger partial charge in [-0.2, -0.15) is 13.2 Å². The van der Waals surface area contributed by atoms with Gasteiger partial charge < -0.3 is 15.5 Å². The number of nitrogens with one attached hydrogen (secondary N) is 1. The fourth-order valence-electron chi connectivity index (χ4n) is 4.45. The smallest absolute Gasteiger partial charge is 0.419 e. The average Bonchev–Trinajstić information content (AvgIpc) is 2.74. The fourth-order valence-corrected chi connectivity index (χ4v) is 4.45. The van der Waals surface area contributed by atoms with Crippen LogP contribution in [0.5, 0.6) is 5.75 Å². The van der Waals surface area contributed by atoms with Gasteiger partial charge in [-0.3, -0.25) is 0 Å². The molecular formula is C22H19F6N3O2. The van der Waals surface area contributed by atoms with Crippen LogP contribution in [-0.4, -0.2) is 32.0 Å². The topological polar surface area (TPSA) is 78.3 Å². The number of aliphatic hydroxyl groups is 1. The summed E-state index contributed by atoms with van der Waals surface area (Å²) in [5, 5.41) is 23.6. The zero-order valence-electron chi connectivity index (χ0n) is 17.4. The van der Waals surface area contributed by atoms with E-state index in [0.717, 1.165) is 18.3 Å². The molecule has 0 spiro atoms. The number of halogens is 6. The minimum Gasteiger partial charge on any atom is -0.505 e. The third-order valence-electron chi connectivity index (χ3n) is 6.13. The maximum Gasteiger partial charge on any atom is 0.419 e. The van der Waals surface area contributed by atoms with Gasteiger partial charge in [0.05, 0.1) is 6.04 Å². The van der Waals surface area contributed by atoms with Gasteiger partial charge in [0, 0.05) is 28.9 Å². The van der Waals surface area contributed by atoms with Crippen LogP contribution in [0.2, 0.25) is 0 Å². The number of anilines is 1. The minimum absolute atomic E-state index is 0.0797. The molecule has 1 aliphatic rings. The van der Waals surface area contributed by atoms with Crippen molar-refractivity contribution >= 4 is 16.6 Å². The van der Waals surface area contributed by atoms with Gasteiger partial charge in [0.1, 0.15) is 11.3 Å². The number of nitrogens with zero attached hydrogens (tertiary/aromatic N) is 2. The van der Waals surface area contributed by atoms with Gasteiger partial charge in [0.2, 0.25) is 0 Å². The van der Waals surface area contributed by atoms with E-state index in [0.29, 0.717) is 6.07 Å². The summed E-state index contributed by atoms with van der Waals surface area (Å²) in [7, 11) is 0. The van der Waals surface area contributed by atoms with Crippen molar-refractivity contribution in [1.29, 1.82) is 0 Å². The Kier molecular flexibility index (Phi) is 5.43. The average molecular weight is 471 g/mol. The van der Waals surface area contributed by atoms with E-state index in [1.165, 1.54) is 6.92 Å². The molecule has 2 aromatic carbocycles. The van der Waals surface area contributed by atoms with E-state index in [2.05, 4.69) is 15.3 Å². The van der Waals surface area contributed by atoms with Gasteiger partial charge in [-0.1, -0.05) is 13.0 Å². The van der Waals surface area contributed by atoms with E-state index < -0.39 is 58.9 Å². The monoisotopic (exact) mass is 471 g/mol. The Labute approximate surface area is 184 Å². The number of rotatable bonds is 3. The van der Waals surface area contributed by atoms with Gasteiger partial charge in [-0.05, 0) is 37.3 Å². The lowest BCUT2D eigenvalue weighted by Gasteiger charge is -2.45. The Morgan fingerprint density at radius 3 is 2.52 bits per heavy atom. The molecule has 0 saturated carbocycles. The number of aromatic nitrogens is 2. The van der Waals surface area contributed by atoms with E-state index in [1.807, 2.05) is 0 Å². The van der Waals surface area contributed by atoms with Crippen LogP contribution in [0.3, 0.4) is 0 Å². The van der Waals surface area contributed by atoms with Crippen LogP contribution in [0.4, 0.5) is 32.0 Å². The first-order chi connectivity index (χ1) is 15.4. The molecular weight excluding hydrogens is 452 g/mol. The number of fused-ring (bicyclic) bond motifs is 2. The largest absolute Gasteiger partial charge is 0.505 e. The molecule has 5 nitrogen and oxygen atoms in total. The fraction of sp³-hybridized carbons (Fsp3) is 0.364. The van der Waals surface area contributed by atoms with Gasteiger partial charge in [0.15, 0.2) is 28.8 Å². The van der Waals surface area contributed by atoms with Crippen LogP contribution in [0.25, 0.3) is 10.9 Å². The molecule has 0 unspecified atom stereocenters. The first kappa shape index (κ1) is 23.1. The van der Waals surface area contributed by atoms with Crippen molar-refractivity contribution in [3.63, 3.8) is 0 Å². The molecule has 4 rings (SSSR count). The van der Waals surface area contributed by atoms with Crippen LogP contribution in [0, 0.1) is 24.4 Å². The van der Waals surface area contributed by atoms with Crippen molar-refractivity contribution in [3.8, 4) is 5.75 Å². The number of phenols is 1. The zero-order chi connectivity index (χ0) is 24.3. The molecule has 0 aliphatic heterocycles. The Hall–Kier alpha value is -3.08. The van der Waals surface area contributed by atoms with Crippen LogP contribution in [-0.2, 0) is 0 Å². The molecule has 1 heterocycles. The maximum absolute atomic E-state index is 14.3. The molecule has 0 radical (unpaired) electrons. The molecule has 3 atom stereocenters. The lowest BCUT2D eigenvalue weighted by atomic mass is 9.69. The highest BCUT2D eigenvalue weighted by molar-refractivity contribution is 5.91. The van der Waals surface area contributed by atoms with E-state index >= 15 is 0 Å². The molecule has 3 N–H and O–H groups in total. The summed E-state index contributed by atoms with van der Waals surface area (Å²) in [6.07, 6.45) is -4.83. The second kappa shape index (κ2) is 7.75. The minimum atomic E-state index is -5.15. The van der Waals surface area contributed by atoms with E-state index in [-0.39, 0.29) is 34.4 Å². The second-order valence-electron chi connectivity index (χ2n) is 8.11. The molecule has 11 heteroatoms. The predicted molar refractivity (Wildman–Crippen MR) is 107 cm³/mol. The van der Waals surface area contributed by atoms with Crippen LogP contribution < -0.4 is 5.32 Å². The molecule has 0 fully saturated rings. The van der Waals surface area contributed by atoms with Crippen molar-refractivity contribution in [2.75, 3.05) is 5.32 Å². The van der Waals surface area contributed by atoms with Crippen molar-refractivity contribution in [2.45, 2.75) is 50.4 Å². The summed E-state index contributed by atoms with van der Waals surface area (Å²) in [4.78, 5) is 7.73. The first-order valence-electron chi connectivity index (χ1n) is 10.1. The van der Waals surface area contributed by atoms with Crippen LogP contribution in [0.15, 0.2) is 24.4 Å². The molecule has 0 amide bonds. The molecule has 0 bridgehead atoms. The summed E-state index contributed by atoms with van der Waals surface area (Å²) in [5.41, 5.74) is -4.42. The molecule has 1 aliphatic carbocycles. The van der Waals surface area contributed by atoms with E-state index in [1.54, 1.807) is 6.92 Å². The maximum atomic E-state index is 14.3. The van der Waals surface area contributed by atoms with Gasteiger partial charge in [0.25, 0.3) is 0 Å². The Morgan fingerprint density at radius 1 is 1.18 bits per heavy atom. The van der Waals surface area contributed by atoms with E-state index in [4.69, 9.17) is 0 Å². The highest BCUT2D eigenvalue weighted by Gasteiger charge is 2.62. The normalized spacial score (nSPS) is 22.9. The number of hydrogen-bond acceptors (Lipinski definition) is 5. The van der Waals surface area contributed by atoms with Gasteiger partial charge in [-0.25, -0.2) is 23.1 Å². The summed E-state index contributed by atoms with van der Waals surface area (Å²) >= 11 is 0. The SMILES string of the molecule is CC[C@H]1C[C@](O)(C(F)(F)F)[C@@H](Nc2cc(F)c(F)c3nc(C)ncc23)c2ccc(F)c(O)c21. The van der Waals surface area contributed by atoms with Gasteiger partial charge in [-0.15, -0.1) is 0 Å². The number of aromatic hydroxyl groups is 1. The van der Waals surface area contributed by atoms with E-state index in [9.17, 15) is 36.6 Å². The highest BCUT2D eigenvalue weighted by Crippen LogP contribution is 2.55. The van der Waals surface area contributed by atoms with Crippen molar-refractivity contribution in [2.24, 2.45) is 0 Å². The Bertz CT molecular complexity index is 1250. The third-order valence-corrected chi connectivity index (χ3v) is 6.13. The van der Waals surface area contributed by atoms with Crippen molar-refractivity contribution in [1.82, 2.24) is 9.97 Å². The quantitative estimate of drug-likeness (QED) is 0.446. The molecule has 0 saturated heterocycles. The summed E-state index contributed by atoms with van der Waals surface area (Å²) in [6, 6.07) is 0.481. The second-order valence-corrected chi connectivity index (χ2v) is 8.11. The molecule has 3 aromatic rings. The van der Waals surface area contributed by atoms with Crippen LogP contribution in [0.1, 0.15) is 48.7 Å². The summed E-state index contributed by atoms with van der Waals surface area (Å²) in [5.74, 6) is -5.41. The van der Waals surface area contributed by atoms with Crippen molar-refractivity contribution < 1.29 is 36.6 Å². The Balaban J connectivity index is 1.97. The molecule has 176 valence electrons. The number of benzene rings is 2. The lowest BCUT2D eigenvalue weighted by Crippen LogP contribution is -2.55. The lowest BCUT2D eigenvalue weighted by molar-refractivity contribution is -0.272. The highest BCUT2D eigenvalue weighted by atomic mass is 19.4. The number of hydrogen-bond donors (Lipinski definition) is 3. The summed E-state index contributed by atoms with van der Waals surface area (Å²) in [6.45, 7) is 2.98. The van der Waals surface area contributed by atoms with Crippen molar-refractivity contribution in [3.05, 3.63) is 58.8 Å². The Morgan fingerprint density at radius 2 is 1.88 bits per heavy atom. The standard InChI is InChI=1S/C22H19F6N3O2/c1-3-10-7-21(33,22(26,27)28)20(11-4-5-13(23)19(32)16(10)11)31-15-6-14(24)17(25)18-12(15)8-29-9(2)30-18/h4-6,8,10,20,31-33H,3,7H2,1-2H3/t10-,20-,21+/m0/s1. The molecule has 1 aromatic heterocycles. The third kappa shape index (κ3) is 3.54. The first-order valence-corrected chi connectivity index (χ1v) is 10.1. The number of alkyl halides is 3.